The highest BCUT2D eigenvalue weighted by molar-refractivity contribution is 5.89. The van der Waals surface area contributed by atoms with E-state index in [9.17, 15) is 9.59 Å². The molecule has 0 bridgehead atoms. The van der Waals surface area contributed by atoms with Crippen LogP contribution in [0.25, 0.3) is 16.3 Å². The monoisotopic (exact) mass is 385 g/mol. The highest BCUT2D eigenvalue weighted by Gasteiger charge is 2.19. The molecule has 0 atom stereocenters. The highest BCUT2D eigenvalue weighted by Crippen LogP contribution is 2.22. The maximum Gasteiger partial charge on any atom is 0.310 e. The second-order valence-corrected chi connectivity index (χ2v) is 7.16. The maximum absolute atomic E-state index is 12.4. The number of fused-ring (bicyclic) bond motifs is 1. The Hall–Kier alpha value is -3.40. The van der Waals surface area contributed by atoms with Crippen LogP contribution in [0.2, 0.25) is 0 Å². The molecule has 0 fully saturated rings. The topological polar surface area (TPSA) is 46.6 Å². The van der Waals surface area contributed by atoms with Crippen molar-refractivity contribution in [3.63, 3.8) is 0 Å². The van der Waals surface area contributed by atoms with E-state index in [0.717, 1.165) is 22.8 Å². The van der Waals surface area contributed by atoms with Crippen molar-refractivity contribution in [2.75, 3.05) is 19.7 Å². The molecule has 1 aliphatic heterocycles. The van der Waals surface area contributed by atoms with Gasteiger partial charge < -0.3 is 9.64 Å². The number of amides is 1. The van der Waals surface area contributed by atoms with E-state index in [4.69, 9.17) is 4.74 Å². The first kappa shape index (κ1) is 18.9. The van der Waals surface area contributed by atoms with E-state index >= 15 is 0 Å². The van der Waals surface area contributed by atoms with Crippen LogP contribution < -0.4 is 0 Å². The van der Waals surface area contributed by atoms with Crippen molar-refractivity contribution in [2.24, 2.45) is 0 Å². The Morgan fingerprint density at radius 3 is 2.45 bits per heavy atom. The van der Waals surface area contributed by atoms with Gasteiger partial charge in [-0.05, 0) is 33.9 Å². The molecule has 4 heteroatoms. The number of benzene rings is 3. The zero-order valence-corrected chi connectivity index (χ0v) is 16.2. The Morgan fingerprint density at radius 1 is 0.897 bits per heavy atom. The van der Waals surface area contributed by atoms with Gasteiger partial charge in [-0.3, -0.25) is 9.59 Å². The van der Waals surface area contributed by atoms with Gasteiger partial charge in [0.05, 0.1) is 6.42 Å². The minimum atomic E-state index is -0.382. The summed E-state index contributed by atoms with van der Waals surface area (Å²) in [6, 6.07) is 24.0. The second kappa shape index (κ2) is 8.74. The third-order valence-corrected chi connectivity index (χ3v) is 5.28. The van der Waals surface area contributed by atoms with Crippen LogP contribution in [-0.4, -0.2) is 36.5 Å². The molecule has 0 radical (unpaired) electrons. The molecule has 0 spiro atoms. The van der Waals surface area contributed by atoms with E-state index in [1.54, 1.807) is 4.90 Å². The third-order valence-electron chi connectivity index (χ3n) is 5.28. The van der Waals surface area contributed by atoms with Crippen molar-refractivity contribution in [1.29, 1.82) is 0 Å². The van der Waals surface area contributed by atoms with Gasteiger partial charge >= 0.3 is 5.97 Å². The predicted octanol–water partition coefficient (Wildman–Crippen LogP) is 4.24. The molecule has 29 heavy (non-hydrogen) atoms. The summed E-state index contributed by atoms with van der Waals surface area (Å²) in [6.45, 7) is 0.975. The summed E-state index contributed by atoms with van der Waals surface area (Å²) in [7, 11) is 0. The summed E-state index contributed by atoms with van der Waals surface area (Å²) < 4.78 is 5.27. The summed E-state index contributed by atoms with van der Waals surface area (Å²) in [5, 5.41) is 2.12. The van der Waals surface area contributed by atoms with Crippen LogP contribution in [0.3, 0.4) is 0 Å². The molecule has 0 unspecified atom stereocenters. The fraction of sp³-hybridized carbons (Fsp3) is 0.200. The quantitative estimate of drug-likeness (QED) is 0.617. The molecule has 1 aliphatic rings. The molecule has 3 aromatic rings. The SMILES string of the molecule is O=C(Cc1cccc2ccccc12)OCC(=O)N1CC=C(c2ccccc2)CC1. The van der Waals surface area contributed by atoms with Crippen LogP contribution in [0, 0.1) is 0 Å². The first-order chi connectivity index (χ1) is 14.2. The van der Waals surface area contributed by atoms with Crippen LogP contribution in [0.1, 0.15) is 17.5 Å². The van der Waals surface area contributed by atoms with Gasteiger partial charge in [0.15, 0.2) is 6.61 Å². The Kier molecular flexibility index (Phi) is 5.71. The normalized spacial score (nSPS) is 13.8. The molecule has 1 heterocycles. The van der Waals surface area contributed by atoms with Crippen molar-refractivity contribution in [3.8, 4) is 0 Å². The minimum Gasteiger partial charge on any atom is -0.455 e. The Morgan fingerprint density at radius 2 is 1.66 bits per heavy atom. The van der Waals surface area contributed by atoms with E-state index in [1.165, 1.54) is 11.1 Å². The van der Waals surface area contributed by atoms with Crippen molar-refractivity contribution in [2.45, 2.75) is 12.8 Å². The number of nitrogens with zero attached hydrogens (tertiary/aromatic N) is 1. The summed E-state index contributed by atoms with van der Waals surface area (Å²) >= 11 is 0. The van der Waals surface area contributed by atoms with Crippen LogP contribution >= 0.6 is 0 Å². The number of esters is 1. The van der Waals surface area contributed by atoms with E-state index in [-0.39, 0.29) is 24.9 Å². The number of hydrogen-bond acceptors (Lipinski definition) is 3. The molecule has 0 saturated carbocycles. The Labute approximate surface area is 170 Å². The van der Waals surface area contributed by atoms with Crippen molar-refractivity contribution in [1.82, 2.24) is 4.90 Å². The van der Waals surface area contributed by atoms with Gasteiger partial charge in [0.2, 0.25) is 0 Å². The molecule has 0 aromatic heterocycles. The first-order valence-electron chi connectivity index (χ1n) is 9.85. The van der Waals surface area contributed by atoms with Gasteiger partial charge in [0, 0.05) is 13.1 Å². The summed E-state index contributed by atoms with van der Waals surface area (Å²) in [5.41, 5.74) is 3.36. The average molecular weight is 385 g/mol. The molecule has 4 rings (SSSR count). The largest absolute Gasteiger partial charge is 0.455 e. The second-order valence-electron chi connectivity index (χ2n) is 7.16. The van der Waals surface area contributed by atoms with Crippen molar-refractivity contribution in [3.05, 3.63) is 90.0 Å². The lowest BCUT2D eigenvalue weighted by Gasteiger charge is -2.26. The van der Waals surface area contributed by atoms with Gasteiger partial charge in [0.25, 0.3) is 5.91 Å². The Balaban J connectivity index is 1.31. The van der Waals surface area contributed by atoms with Gasteiger partial charge in [-0.2, -0.15) is 0 Å². The number of rotatable bonds is 5. The maximum atomic E-state index is 12.4. The Bertz CT molecular complexity index is 1050. The smallest absolute Gasteiger partial charge is 0.310 e. The van der Waals surface area contributed by atoms with Crippen LogP contribution in [0.4, 0.5) is 0 Å². The van der Waals surface area contributed by atoms with Gasteiger partial charge in [-0.25, -0.2) is 0 Å². The zero-order chi connectivity index (χ0) is 20.1. The number of carbonyl (C=O) groups excluding carboxylic acids is 2. The molecule has 0 aliphatic carbocycles. The van der Waals surface area contributed by atoms with Crippen LogP contribution in [0.5, 0.6) is 0 Å². The molecule has 3 aromatic carbocycles. The van der Waals surface area contributed by atoms with Gasteiger partial charge in [0.1, 0.15) is 0 Å². The van der Waals surface area contributed by atoms with E-state index in [1.807, 2.05) is 60.7 Å². The molecule has 1 amide bonds. The zero-order valence-electron chi connectivity index (χ0n) is 16.2. The summed E-state index contributed by atoms with van der Waals surface area (Å²) in [4.78, 5) is 26.4. The fourth-order valence-electron chi connectivity index (χ4n) is 3.70. The molecule has 0 saturated heterocycles. The molecule has 146 valence electrons. The lowest BCUT2D eigenvalue weighted by Crippen LogP contribution is -2.37. The highest BCUT2D eigenvalue weighted by atomic mass is 16.5. The molecule has 0 N–H and O–H groups in total. The van der Waals surface area contributed by atoms with E-state index < -0.39 is 0 Å². The number of ether oxygens (including phenoxy) is 1. The van der Waals surface area contributed by atoms with Crippen molar-refractivity contribution < 1.29 is 14.3 Å². The van der Waals surface area contributed by atoms with Crippen LogP contribution in [-0.2, 0) is 20.7 Å². The number of carbonyl (C=O) groups is 2. The van der Waals surface area contributed by atoms with E-state index in [0.29, 0.717) is 13.1 Å². The lowest BCUT2D eigenvalue weighted by molar-refractivity contribution is -0.151. The van der Waals surface area contributed by atoms with Crippen molar-refractivity contribution >= 4 is 28.2 Å². The third kappa shape index (κ3) is 4.54. The first-order valence-corrected chi connectivity index (χ1v) is 9.85. The lowest BCUT2D eigenvalue weighted by atomic mass is 10.00. The standard InChI is InChI=1S/C25H23NO3/c27-24(26-15-13-20(14-16-26)19-7-2-1-3-8-19)18-29-25(28)17-22-11-6-10-21-9-4-5-12-23(21)22/h1-13H,14-18H2. The van der Waals surface area contributed by atoms with Gasteiger partial charge in [-0.1, -0.05) is 78.9 Å². The minimum absolute atomic E-state index is 0.153. The fourth-order valence-corrected chi connectivity index (χ4v) is 3.70. The number of hydrogen-bond donors (Lipinski definition) is 0. The predicted molar refractivity (Wildman–Crippen MR) is 114 cm³/mol. The summed E-state index contributed by atoms with van der Waals surface area (Å²) in [5.74, 6) is -0.535. The molecule has 4 nitrogen and oxygen atoms in total. The molecular weight excluding hydrogens is 362 g/mol. The van der Waals surface area contributed by atoms with Crippen LogP contribution in [0.15, 0.2) is 78.9 Å². The summed E-state index contributed by atoms with van der Waals surface area (Å²) in [6.07, 6.45) is 3.04. The van der Waals surface area contributed by atoms with Gasteiger partial charge in [-0.15, -0.1) is 0 Å². The molecular formula is C25H23NO3. The van der Waals surface area contributed by atoms with E-state index in [2.05, 4.69) is 18.2 Å². The average Bonchev–Trinajstić information content (AvgIpc) is 2.78.